The summed E-state index contributed by atoms with van der Waals surface area (Å²) in [6.07, 6.45) is 5.27. The van der Waals surface area contributed by atoms with Crippen molar-refractivity contribution in [2.45, 2.75) is 97.1 Å². The Bertz CT molecular complexity index is 574. The second-order valence-electron chi connectivity index (χ2n) is 10.5. The Hall–Kier alpha value is -0.450. The van der Waals surface area contributed by atoms with Crippen LogP contribution in [0, 0.1) is 34.5 Å². The number of aliphatic hydroxyl groups excluding tert-OH is 2. The number of ketones is 1. The summed E-state index contributed by atoms with van der Waals surface area (Å²) in [4.78, 5) is 12.6. The van der Waals surface area contributed by atoms with E-state index in [0.29, 0.717) is 36.4 Å². The fourth-order valence-electron chi connectivity index (χ4n) is 7.64. The van der Waals surface area contributed by atoms with Gasteiger partial charge in [-0.25, -0.2) is 0 Å². The van der Waals surface area contributed by atoms with Crippen LogP contribution in [0.25, 0.3) is 0 Å². The van der Waals surface area contributed by atoms with E-state index in [1.165, 1.54) is 0 Å². The highest BCUT2D eigenvalue weighted by molar-refractivity contribution is 5.87. The second-order valence-corrected chi connectivity index (χ2v) is 10.5. The molecule has 0 heterocycles. The number of hydrogen-bond acceptors (Lipinski definition) is 4. The molecular formula is C22H36O4. The molecule has 4 rings (SSSR count). The summed E-state index contributed by atoms with van der Waals surface area (Å²) in [5, 5.41) is 21.8. The maximum absolute atomic E-state index is 12.6. The molecule has 4 fully saturated rings. The smallest absolute Gasteiger partial charge is 0.139 e. The first-order chi connectivity index (χ1) is 12.2. The highest BCUT2D eigenvalue weighted by atomic mass is 16.5. The molecule has 0 aromatic rings. The van der Waals surface area contributed by atoms with Crippen LogP contribution in [0.2, 0.25) is 0 Å². The third-order valence-electron chi connectivity index (χ3n) is 8.75. The molecule has 4 nitrogen and oxygen atoms in total. The third kappa shape index (κ3) is 2.62. The van der Waals surface area contributed by atoms with Gasteiger partial charge < -0.3 is 14.9 Å². The Morgan fingerprint density at radius 2 is 1.81 bits per heavy atom. The first kappa shape index (κ1) is 18.9. The van der Waals surface area contributed by atoms with Crippen LogP contribution in [0.4, 0.5) is 0 Å². The van der Waals surface area contributed by atoms with E-state index in [1.54, 1.807) is 0 Å². The van der Waals surface area contributed by atoms with Crippen molar-refractivity contribution < 1.29 is 19.7 Å². The molecule has 9 atom stereocenters. The van der Waals surface area contributed by atoms with Gasteiger partial charge in [-0.1, -0.05) is 13.8 Å². The summed E-state index contributed by atoms with van der Waals surface area (Å²) in [6.45, 7) is 8.49. The summed E-state index contributed by atoms with van der Waals surface area (Å²) in [5.41, 5.74) is -0.320. The van der Waals surface area contributed by atoms with Crippen molar-refractivity contribution in [3.8, 4) is 0 Å². The highest BCUT2D eigenvalue weighted by Gasteiger charge is 2.64. The van der Waals surface area contributed by atoms with Crippen molar-refractivity contribution in [1.29, 1.82) is 0 Å². The monoisotopic (exact) mass is 364 g/mol. The number of Topliss-reactive ketones (excluding diaryl/α,β-unsaturated/α-hetero) is 1. The third-order valence-corrected chi connectivity index (χ3v) is 8.75. The van der Waals surface area contributed by atoms with Gasteiger partial charge in [0.15, 0.2) is 0 Å². The predicted molar refractivity (Wildman–Crippen MR) is 99.5 cm³/mol. The van der Waals surface area contributed by atoms with Gasteiger partial charge >= 0.3 is 0 Å². The highest BCUT2D eigenvalue weighted by Crippen LogP contribution is 2.65. The van der Waals surface area contributed by atoms with E-state index in [4.69, 9.17) is 4.74 Å². The molecule has 26 heavy (non-hydrogen) atoms. The summed E-state index contributed by atoms with van der Waals surface area (Å²) >= 11 is 0. The standard InChI is InChI=1S/C22H36O4/c1-12(2)26-18-11-21(3)13(9-16(18)23)5-6-14-15-7-8-19(25)22(15,4)10-17(24)20(14)21/h12-18,20,23-24H,5-11H2,1-4H3. The molecule has 4 aliphatic carbocycles. The molecule has 4 heteroatoms. The van der Waals surface area contributed by atoms with E-state index in [-0.39, 0.29) is 29.0 Å². The van der Waals surface area contributed by atoms with Gasteiger partial charge in [0.25, 0.3) is 0 Å². The second kappa shape index (κ2) is 6.28. The minimum absolute atomic E-state index is 0.00587. The number of rotatable bonds is 2. The molecule has 9 unspecified atom stereocenters. The Labute approximate surface area is 157 Å². The molecule has 0 amide bonds. The quantitative estimate of drug-likeness (QED) is 0.789. The van der Waals surface area contributed by atoms with Gasteiger partial charge in [-0.15, -0.1) is 0 Å². The van der Waals surface area contributed by atoms with E-state index in [1.807, 2.05) is 13.8 Å². The lowest BCUT2D eigenvalue weighted by Gasteiger charge is -2.62. The van der Waals surface area contributed by atoms with E-state index < -0.39 is 12.2 Å². The topological polar surface area (TPSA) is 66.8 Å². The van der Waals surface area contributed by atoms with Gasteiger partial charge in [-0.3, -0.25) is 4.79 Å². The molecule has 0 bridgehead atoms. The van der Waals surface area contributed by atoms with Crippen LogP contribution in [0.15, 0.2) is 0 Å². The molecule has 148 valence electrons. The van der Waals surface area contributed by atoms with Crippen molar-refractivity contribution in [2.24, 2.45) is 34.5 Å². The molecular weight excluding hydrogens is 328 g/mol. The van der Waals surface area contributed by atoms with Gasteiger partial charge in [-0.05, 0) is 81.5 Å². The molecule has 0 aliphatic heterocycles. The number of ether oxygens (including phenoxy) is 1. The van der Waals surface area contributed by atoms with Crippen molar-refractivity contribution in [1.82, 2.24) is 0 Å². The first-order valence-electron chi connectivity index (χ1n) is 10.7. The molecule has 4 aliphatic rings. The van der Waals surface area contributed by atoms with E-state index >= 15 is 0 Å². The van der Waals surface area contributed by atoms with Crippen LogP contribution in [0.1, 0.15) is 72.6 Å². The van der Waals surface area contributed by atoms with Crippen LogP contribution in [-0.4, -0.2) is 40.4 Å². The lowest BCUT2D eigenvalue weighted by Crippen LogP contribution is -2.61. The van der Waals surface area contributed by atoms with Crippen LogP contribution >= 0.6 is 0 Å². The zero-order valence-electron chi connectivity index (χ0n) is 16.8. The largest absolute Gasteiger partial charge is 0.393 e. The summed E-state index contributed by atoms with van der Waals surface area (Å²) in [7, 11) is 0. The van der Waals surface area contributed by atoms with Gasteiger partial charge in [-0.2, -0.15) is 0 Å². The van der Waals surface area contributed by atoms with Crippen molar-refractivity contribution in [2.75, 3.05) is 0 Å². The Kier molecular flexibility index (Phi) is 4.57. The Balaban J connectivity index is 1.65. The fraction of sp³-hybridized carbons (Fsp3) is 0.955. The van der Waals surface area contributed by atoms with Gasteiger partial charge in [0.05, 0.1) is 24.4 Å². The van der Waals surface area contributed by atoms with Crippen molar-refractivity contribution >= 4 is 5.78 Å². The summed E-state index contributed by atoms with van der Waals surface area (Å²) in [6, 6.07) is 0. The van der Waals surface area contributed by atoms with E-state index in [2.05, 4.69) is 13.8 Å². The number of carbonyl (C=O) groups is 1. The Morgan fingerprint density at radius 3 is 2.50 bits per heavy atom. The fourth-order valence-corrected chi connectivity index (χ4v) is 7.64. The normalized spacial score (nSPS) is 54.0. The molecule has 0 aromatic carbocycles. The average molecular weight is 365 g/mol. The number of aliphatic hydroxyl groups is 2. The minimum atomic E-state index is -0.411. The predicted octanol–water partition coefficient (Wildman–Crippen LogP) is 3.33. The van der Waals surface area contributed by atoms with Crippen LogP contribution < -0.4 is 0 Å². The number of fused-ring (bicyclic) bond motifs is 5. The summed E-state index contributed by atoms with van der Waals surface area (Å²) in [5.74, 6) is 1.91. The zero-order valence-corrected chi connectivity index (χ0v) is 16.8. The van der Waals surface area contributed by atoms with E-state index in [9.17, 15) is 15.0 Å². The minimum Gasteiger partial charge on any atom is -0.393 e. The van der Waals surface area contributed by atoms with Crippen LogP contribution in [0.3, 0.4) is 0 Å². The van der Waals surface area contributed by atoms with E-state index in [0.717, 1.165) is 32.1 Å². The maximum atomic E-state index is 12.6. The van der Waals surface area contributed by atoms with Gasteiger partial charge in [0.1, 0.15) is 5.78 Å². The lowest BCUT2D eigenvalue weighted by molar-refractivity contribution is -0.204. The van der Waals surface area contributed by atoms with Crippen molar-refractivity contribution in [3.63, 3.8) is 0 Å². The molecule has 0 aromatic heterocycles. The van der Waals surface area contributed by atoms with Crippen molar-refractivity contribution in [3.05, 3.63) is 0 Å². The SMILES string of the molecule is CC(C)OC1CC2(C)C(CCC3C4CCC(=O)C4(C)CC(O)C32)CC1O. The number of carbonyl (C=O) groups excluding carboxylic acids is 1. The first-order valence-corrected chi connectivity index (χ1v) is 10.7. The Morgan fingerprint density at radius 1 is 1.08 bits per heavy atom. The zero-order chi connectivity index (χ0) is 18.9. The van der Waals surface area contributed by atoms with Crippen LogP contribution in [-0.2, 0) is 9.53 Å². The molecule has 2 N–H and O–H groups in total. The number of hydrogen-bond donors (Lipinski definition) is 2. The maximum Gasteiger partial charge on any atom is 0.139 e. The molecule has 0 radical (unpaired) electrons. The van der Waals surface area contributed by atoms with Gasteiger partial charge in [0.2, 0.25) is 0 Å². The molecule has 0 spiro atoms. The summed E-state index contributed by atoms with van der Waals surface area (Å²) < 4.78 is 6.07. The van der Waals surface area contributed by atoms with Crippen LogP contribution in [0.5, 0.6) is 0 Å². The molecule has 0 saturated heterocycles. The average Bonchev–Trinajstić information content (AvgIpc) is 2.83. The molecule has 4 saturated carbocycles. The van der Waals surface area contributed by atoms with Gasteiger partial charge in [0, 0.05) is 11.8 Å². The lowest BCUT2D eigenvalue weighted by atomic mass is 9.44.